The molecule has 0 aliphatic rings. The molecule has 0 amide bonds. The van der Waals surface area contributed by atoms with Gasteiger partial charge in [-0.15, -0.1) is 0 Å². The largest absolute Gasteiger partial charge is 0.545 e. The van der Waals surface area contributed by atoms with E-state index in [2.05, 4.69) is 5.10 Å². The number of carbonyl (C=O) groups is 1. The first-order valence-corrected chi connectivity index (χ1v) is 5.07. The quantitative estimate of drug-likeness (QED) is 0.818. The van der Waals surface area contributed by atoms with Crippen molar-refractivity contribution in [3.63, 3.8) is 0 Å². The molecule has 0 spiro atoms. The van der Waals surface area contributed by atoms with Crippen LogP contribution in [0.15, 0.2) is 30.3 Å². The van der Waals surface area contributed by atoms with Gasteiger partial charge in [-0.3, -0.25) is 0 Å². The molecule has 16 heavy (non-hydrogen) atoms. The van der Waals surface area contributed by atoms with Crippen LogP contribution in [0.1, 0.15) is 10.4 Å². The summed E-state index contributed by atoms with van der Waals surface area (Å²) in [5, 5.41) is 14.3. The van der Waals surface area contributed by atoms with Gasteiger partial charge in [0.2, 0.25) is 0 Å². The van der Waals surface area contributed by atoms with E-state index in [1.54, 1.807) is 24.3 Å². The van der Waals surface area contributed by atoms with Crippen LogP contribution in [-0.4, -0.2) is 15.7 Å². The first kappa shape index (κ1) is 11.0. The van der Waals surface area contributed by atoms with Gasteiger partial charge in [0.05, 0.1) is 17.2 Å². The third-order valence-corrected chi connectivity index (χ3v) is 2.60. The predicted molar refractivity (Wildman–Crippen MR) is 57.9 cm³/mol. The lowest BCUT2D eigenvalue weighted by Crippen LogP contribution is -2.22. The van der Waals surface area contributed by atoms with Crippen LogP contribution in [0.4, 0.5) is 0 Å². The summed E-state index contributed by atoms with van der Waals surface area (Å²) in [6, 6.07) is 8.84. The Morgan fingerprint density at radius 3 is 2.38 bits per heavy atom. The Bertz CT molecular complexity index is 537. The number of carbonyl (C=O) groups excluding carboxylic acids is 1. The van der Waals surface area contributed by atoms with Gasteiger partial charge in [-0.05, 0) is 12.1 Å². The van der Waals surface area contributed by atoms with Crippen molar-refractivity contribution in [3.8, 4) is 5.69 Å². The Kier molecular flexibility index (Phi) is 2.85. The number of carboxylic acids is 1. The molecule has 2 rings (SSSR count). The maximum atomic E-state index is 10.8. The van der Waals surface area contributed by atoms with Gasteiger partial charge < -0.3 is 9.90 Å². The Balaban J connectivity index is 2.61. The fourth-order valence-corrected chi connectivity index (χ4v) is 1.87. The van der Waals surface area contributed by atoms with Gasteiger partial charge in [-0.2, -0.15) is 5.10 Å². The first-order valence-electron chi connectivity index (χ1n) is 4.32. The molecule has 0 saturated heterocycles. The Labute approximate surface area is 101 Å². The number of aromatic nitrogens is 2. The molecule has 82 valence electrons. The van der Waals surface area contributed by atoms with Crippen LogP contribution in [0.2, 0.25) is 10.3 Å². The van der Waals surface area contributed by atoms with Crippen LogP contribution in [-0.2, 0) is 0 Å². The van der Waals surface area contributed by atoms with E-state index in [4.69, 9.17) is 23.2 Å². The zero-order valence-corrected chi connectivity index (χ0v) is 9.37. The molecule has 0 aliphatic heterocycles. The second kappa shape index (κ2) is 4.15. The molecule has 0 N–H and O–H groups in total. The van der Waals surface area contributed by atoms with Gasteiger partial charge in [0.25, 0.3) is 0 Å². The van der Waals surface area contributed by atoms with Crippen LogP contribution in [0.25, 0.3) is 5.69 Å². The van der Waals surface area contributed by atoms with Crippen LogP contribution < -0.4 is 5.11 Å². The lowest BCUT2D eigenvalue weighted by molar-refractivity contribution is -0.255. The molecule has 4 nitrogen and oxygen atoms in total. The highest BCUT2D eigenvalue weighted by Gasteiger charge is 2.16. The molecule has 0 fully saturated rings. The maximum absolute atomic E-state index is 10.8. The summed E-state index contributed by atoms with van der Waals surface area (Å²) >= 11 is 11.5. The van der Waals surface area contributed by atoms with Crippen molar-refractivity contribution in [1.29, 1.82) is 0 Å². The van der Waals surface area contributed by atoms with Crippen molar-refractivity contribution in [1.82, 2.24) is 9.78 Å². The SMILES string of the molecule is O=C([O-])c1c(Cl)nn(-c2ccccc2)c1Cl. The van der Waals surface area contributed by atoms with Crippen LogP contribution in [0.5, 0.6) is 0 Å². The first-order chi connectivity index (χ1) is 7.61. The third-order valence-electron chi connectivity index (χ3n) is 1.99. The smallest absolute Gasteiger partial charge is 0.162 e. The summed E-state index contributed by atoms with van der Waals surface area (Å²) < 4.78 is 1.25. The van der Waals surface area contributed by atoms with Crippen molar-refractivity contribution in [2.45, 2.75) is 0 Å². The standard InChI is InChI=1S/C10H6Cl2N2O2/c11-8-7(10(15)16)9(12)14(13-8)6-4-2-1-3-5-6/h1-5H,(H,15,16)/p-1. The van der Waals surface area contributed by atoms with Gasteiger partial charge in [-0.1, -0.05) is 41.4 Å². The summed E-state index contributed by atoms with van der Waals surface area (Å²) in [6.07, 6.45) is 0. The van der Waals surface area contributed by atoms with Gasteiger partial charge in [0.15, 0.2) is 5.15 Å². The number of rotatable bonds is 2. The zero-order valence-electron chi connectivity index (χ0n) is 7.85. The minimum atomic E-state index is -1.45. The number of aromatic carboxylic acids is 1. The number of hydrogen-bond acceptors (Lipinski definition) is 3. The molecular weight excluding hydrogens is 251 g/mol. The summed E-state index contributed by atoms with van der Waals surface area (Å²) in [6.45, 7) is 0. The van der Waals surface area contributed by atoms with E-state index in [0.717, 1.165) is 0 Å². The van der Waals surface area contributed by atoms with Crippen molar-refractivity contribution < 1.29 is 9.90 Å². The molecule has 0 atom stereocenters. The van der Waals surface area contributed by atoms with Crippen LogP contribution in [0, 0.1) is 0 Å². The summed E-state index contributed by atoms with van der Waals surface area (Å²) in [4.78, 5) is 10.8. The zero-order chi connectivity index (χ0) is 11.7. The van der Waals surface area contributed by atoms with Crippen LogP contribution in [0.3, 0.4) is 0 Å². The number of benzene rings is 1. The summed E-state index contributed by atoms with van der Waals surface area (Å²) in [5.41, 5.74) is 0.328. The highest BCUT2D eigenvalue weighted by Crippen LogP contribution is 2.26. The average molecular weight is 256 g/mol. The van der Waals surface area contributed by atoms with Crippen LogP contribution >= 0.6 is 23.2 Å². The number of para-hydroxylation sites is 1. The fourth-order valence-electron chi connectivity index (χ4n) is 1.28. The minimum Gasteiger partial charge on any atom is -0.545 e. The van der Waals surface area contributed by atoms with Crippen molar-refractivity contribution >= 4 is 29.2 Å². The van der Waals surface area contributed by atoms with E-state index in [9.17, 15) is 9.90 Å². The molecule has 0 radical (unpaired) electrons. The molecule has 0 unspecified atom stereocenters. The third kappa shape index (κ3) is 1.77. The Morgan fingerprint density at radius 1 is 1.25 bits per heavy atom. The van der Waals surface area contributed by atoms with Crippen molar-refractivity contribution in [2.75, 3.05) is 0 Å². The van der Waals surface area contributed by atoms with Gasteiger partial charge in [-0.25, -0.2) is 4.68 Å². The predicted octanol–water partition coefficient (Wildman–Crippen LogP) is 1.54. The second-order valence-electron chi connectivity index (χ2n) is 2.99. The van der Waals surface area contributed by atoms with Crippen molar-refractivity contribution in [3.05, 3.63) is 46.2 Å². The number of nitrogens with zero attached hydrogens (tertiary/aromatic N) is 2. The molecular formula is C10H5Cl2N2O2-. The summed E-state index contributed by atoms with van der Waals surface area (Å²) in [7, 11) is 0. The number of halogens is 2. The Morgan fingerprint density at radius 2 is 1.88 bits per heavy atom. The van der Waals surface area contributed by atoms with Gasteiger partial charge >= 0.3 is 0 Å². The maximum Gasteiger partial charge on any atom is 0.162 e. The molecule has 1 aromatic heterocycles. The van der Waals surface area contributed by atoms with Gasteiger partial charge in [0.1, 0.15) is 5.15 Å². The monoisotopic (exact) mass is 255 g/mol. The average Bonchev–Trinajstić information content (AvgIpc) is 2.55. The molecule has 0 saturated carbocycles. The molecule has 1 heterocycles. The molecule has 6 heteroatoms. The van der Waals surface area contributed by atoms with E-state index in [-0.39, 0.29) is 15.9 Å². The van der Waals surface area contributed by atoms with E-state index < -0.39 is 5.97 Å². The highest BCUT2D eigenvalue weighted by atomic mass is 35.5. The van der Waals surface area contributed by atoms with E-state index >= 15 is 0 Å². The molecule has 1 aromatic carbocycles. The highest BCUT2D eigenvalue weighted by molar-refractivity contribution is 6.38. The molecule has 0 aliphatic carbocycles. The minimum absolute atomic E-state index is 0.0730. The van der Waals surface area contributed by atoms with Gasteiger partial charge in [0, 0.05) is 0 Å². The number of carboxylic acid groups (broad SMARTS) is 1. The fraction of sp³-hybridized carbons (Fsp3) is 0. The topological polar surface area (TPSA) is 57.9 Å². The molecule has 0 bridgehead atoms. The van der Waals surface area contributed by atoms with E-state index in [1.165, 1.54) is 4.68 Å². The second-order valence-corrected chi connectivity index (χ2v) is 3.71. The lowest BCUT2D eigenvalue weighted by atomic mass is 10.3. The van der Waals surface area contributed by atoms with E-state index in [0.29, 0.717) is 5.69 Å². The normalized spacial score (nSPS) is 10.4. The Hall–Kier alpha value is -1.52. The number of hydrogen-bond donors (Lipinski definition) is 0. The summed E-state index contributed by atoms with van der Waals surface area (Å²) in [5.74, 6) is -1.45. The molecule has 2 aromatic rings. The van der Waals surface area contributed by atoms with Crippen molar-refractivity contribution in [2.24, 2.45) is 0 Å². The lowest BCUT2D eigenvalue weighted by Gasteiger charge is -2.03. The van der Waals surface area contributed by atoms with E-state index in [1.807, 2.05) is 6.07 Å².